The van der Waals surface area contributed by atoms with E-state index in [-0.39, 0.29) is 0 Å². The summed E-state index contributed by atoms with van der Waals surface area (Å²) in [6, 6.07) is 3.92. The summed E-state index contributed by atoms with van der Waals surface area (Å²) >= 11 is 0. The molecule has 0 saturated heterocycles. The predicted octanol–water partition coefficient (Wildman–Crippen LogP) is 2.90. The molecule has 0 spiro atoms. The average molecular weight is 168 g/mol. The second-order valence-corrected chi connectivity index (χ2v) is 2.92. The zero-order valence-corrected chi connectivity index (χ0v) is 7.80. The second-order valence-electron chi connectivity index (χ2n) is 2.92. The highest BCUT2D eigenvalue weighted by Crippen LogP contribution is 2.07. The lowest BCUT2D eigenvalue weighted by atomic mass is 10.4. The molecular formula is C10H16O2. The van der Waals surface area contributed by atoms with Gasteiger partial charge in [-0.3, -0.25) is 0 Å². The molecule has 0 saturated carbocycles. The summed E-state index contributed by atoms with van der Waals surface area (Å²) in [6.45, 7) is 5.53. The minimum absolute atomic E-state index is 0.605. The van der Waals surface area contributed by atoms with Crippen molar-refractivity contribution in [2.24, 2.45) is 0 Å². The fraction of sp³-hybridized carbons (Fsp3) is 0.600. The minimum atomic E-state index is 0.605. The molecule has 1 aromatic heterocycles. The Balaban J connectivity index is 2.15. The van der Waals surface area contributed by atoms with Crippen LogP contribution in [0.2, 0.25) is 0 Å². The average Bonchev–Trinajstić information content (AvgIpc) is 2.45. The Bertz CT molecular complexity index is 215. The second kappa shape index (κ2) is 4.99. The summed E-state index contributed by atoms with van der Waals surface area (Å²) in [6.07, 6.45) is 2.30. The molecule has 1 rings (SSSR count). The summed E-state index contributed by atoms with van der Waals surface area (Å²) in [5.74, 6) is 1.87. The Morgan fingerprint density at radius 3 is 2.83 bits per heavy atom. The number of hydrogen-bond acceptors (Lipinski definition) is 2. The molecule has 0 atom stereocenters. The van der Waals surface area contributed by atoms with Crippen molar-refractivity contribution < 1.29 is 9.15 Å². The van der Waals surface area contributed by atoms with Crippen LogP contribution < -0.4 is 0 Å². The monoisotopic (exact) mass is 168 g/mol. The van der Waals surface area contributed by atoms with Crippen LogP contribution in [0.5, 0.6) is 0 Å². The molecule has 2 nitrogen and oxygen atoms in total. The van der Waals surface area contributed by atoms with E-state index in [1.807, 2.05) is 19.1 Å². The third-order valence-electron chi connectivity index (χ3n) is 1.68. The summed E-state index contributed by atoms with van der Waals surface area (Å²) in [5, 5.41) is 0. The van der Waals surface area contributed by atoms with Gasteiger partial charge in [0.1, 0.15) is 18.1 Å². The fourth-order valence-corrected chi connectivity index (χ4v) is 0.982. The minimum Gasteiger partial charge on any atom is -0.464 e. The van der Waals surface area contributed by atoms with Crippen LogP contribution in [-0.4, -0.2) is 6.61 Å². The van der Waals surface area contributed by atoms with Crippen molar-refractivity contribution in [2.45, 2.75) is 33.3 Å². The van der Waals surface area contributed by atoms with E-state index in [1.54, 1.807) is 0 Å². The summed E-state index contributed by atoms with van der Waals surface area (Å²) in [4.78, 5) is 0. The van der Waals surface area contributed by atoms with E-state index >= 15 is 0 Å². The highest BCUT2D eigenvalue weighted by molar-refractivity contribution is 5.04. The van der Waals surface area contributed by atoms with Gasteiger partial charge >= 0.3 is 0 Å². The predicted molar refractivity (Wildman–Crippen MR) is 48.0 cm³/mol. The highest BCUT2D eigenvalue weighted by Gasteiger charge is 1.97. The fourth-order valence-electron chi connectivity index (χ4n) is 0.982. The van der Waals surface area contributed by atoms with Crippen molar-refractivity contribution in [1.82, 2.24) is 0 Å². The van der Waals surface area contributed by atoms with Crippen LogP contribution in [0, 0.1) is 6.92 Å². The van der Waals surface area contributed by atoms with Crippen LogP contribution in [0.1, 0.15) is 31.3 Å². The van der Waals surface area contributed by atoms with Crippen LogP contribution >= 0.6 is 0 Å². The van der Waals surface area contributed by atoms with Gasteiger partial charge in [0, 0.05) is 6.61 Å². The van der Waals surface area contributed by atoms with Crippen molar-refractivity contribution in [2.75, 3.05) is 6.61 Å². The Labute approximate surface area is 73.5 Å². The SMILES string of the molecule is CCCCOCc1ccc(C)o1. The molecule has 0 radical (unpaired) electrons. The molecule has 1 aromatic rings. The molecule has 0 unspecified atom stereocenters. The largest absolute Gasteiger partial charge is 0.464 e. The van der Waals surface area contributed by atoms with Crippen molar-refractivity contribution >= 4 is 0 Å². The molecule has 0 aliphatic heterocycles. The molecule has 68 valence electrons. The number of hydrogen-bond donors (Lipinski definition) is 0. The van der Waals surface area contributed by atoms with E-state index in [4.69, 9.17) is 9.15 Å². The quantitative estimate of drug-likeness (QED) is 0.631. The lowest BCUT2D eigenvalue weighted by Crippen LogP contribution is -1.93. The molecular weight excluding hydrogens is 152 g/mol. The summed E-state index contributed by atoms with van der Waals surface area (Å²) in [7, 11) is 0. The van der Waals surface area contributed by atoms with Crippen LogP contribution in [0.25, 0.3) is 0 Å². The van der Waals surface area contributed by atoms with Crippen molar-refractivity contribution in [1.29, 1.82) is 0 Å². The van der Waals surface area contributed by atoms with Crippen molar-refractivity contribution in [3.05, 3.63) is 23.7 Å². The lowest BCUT2D eigenvalue weighted by Gasteiger charge is -1.99. The third kappa shape index (κ3) is 3.09. The van der Waals surface area contributed by atoms with Gasteiger partial charge in [0.25, 0.3) is 0 Å². The van der Waals surface area contributed by atoms with Gasteiger partial charge in [0.05, 0.1) is 0 Å². The Morgan fingerprint density at radius 2 is 2.25 bits per heavy atom. The van der Waals surface area contributed by atoms with E-state index in [0.717, 1.165) is 24.5 Å². The van der Waals surface area contributed by atoms with Gasteiger partial charge in [-0.2, -0.15) is 0 Å². The molecule has 0 amide bonds. The first-order chi connectivity index (χ1) is 5.83. The lowest BCUT2D eigenvalue weighted by molar-refractivity contribution is 0.103. The summed E-state index contributed by atoms with van der Waals surface area (Å²) in [5.41, 5.74) is 0. The van der Waals surface area contributed by atoms with E-state index < -0.39 is 0 Å². The van der Waals surface area contributed by atoms with Crippen molar-refractivity contribution in [3.8, 4) is 0 Å². The van der Waals surface area contributed by atoms with Gasteiger partial charge < -0.3 is 9.15 Å². The first-order valence-electron chi connectivity index (χ1n) is 4.46. The molecule has 0 bridgehead atoms. The first kappa shape index (κ1) is 9.33. The molecule has 12 heavy (non-hydrogen) atoms. The molecule has 0 fully saturated rings. The standard InChI is InChI=1S/C10H16O2/c1-3-4-7-11-8-10-6-5-9(2)12-10/h5-6H,3-4,7-8H2,1-2H3. The first-order valence-corrected chi connectivity index (χ1v) is 4.46. The van der Waals surface area contributed by atoms with E-state index in [1.165, 1.54) is 6.42 Å². The van der Waals surface area contributed by atoms with Crippen LogP contribution in [-0.2, 0) is 11.3 Å². The molecule has 0 aliphatic rings. The maximum absolute atomic E-state index is 5.38. The number of aryl methyl sites for hydroxylation is 1. The number of ether oxygens (including phenoxy) is 1. The molecule has 0 N–H and O–H groups in total. The van der Waals surface area contributed by atoms with Gasteiger partial charge in [-0.1, -0.05) is 13.3 Å². The number of unbranched alkanes of at least 4 members (excludes halogenated alkanes) is 1. The molecule has 0 aromatic carbocycles. The maximum Gasteiger partial charge on any atom is 0.129 e. The highest BCUT2D eigenvalue weighted by atomic mass is 16.5. The van der Waals surface area contributed by atoms with Gasteiger partial charge in [-0.15, -0.1) is 0 Å². The number of rotatable bonds is 5. The van der Waals surface area contributed by atoms with Crippen LogP contribution in [0.4, 0.5) is 0 Å². The molecule has 1 heterocycles. The number of furan rings is 1. The van der Waals surface area contributed by atoms with E-state index in [2.05, 4.69) is 6.92 Å². The van der Waals surface area contributed by atoms with Gasteiger partial charge in [0.2, 0.25) is 0 Å². The zero-order chi connectivity index (χ0) is 8.81. The Morgan fingerprint density at radius 1 is 1.42 bits per heavy atom. The van der Waals surface area contributed by atoms with Crippen LogP contribution in [0.3, 0.4) is 0 Å². The van der Waals surface area contributed by atoms with Gasteiger partial charge in [-0.25, -0.2) is 0 Å². The topological polar surface area (TPSA) is 22.4 Å². The van der Waals surface area contributed by atoms with Crippen LogP contribution in [0.15, 0.2) is 16.5 Å². The van der Waals surface area contributed by atoms with Crippen molar-refractivity contribution in [3.63, 3.8) is 0 Å². The normalized spacial score (nSPS) is 10.5. The maximum atomic E-state index is 5.38. The molecule has 0 aliphatic carbocycles. The van der Waals surface area contributed by atoms with Gasteiger partial charge in [-0.05, 0) is 25.5 Å². The van der Waals surface area contributed by atoms with E-state index in [0.29, 0.717) is 6.61 Å². The Hall–Kier alpha value is -0.760. The van der Waals surface area contributed by atoms with Gasteiger partial charge in [0.15, 0.2) is 0 Å². The Kier molecular flexibility index (Phi) is 3.88. The smallest absolute Gasteiger partial charge is 0.129 e. The molecule has 2 heteroatoms. The van der Waals surface area contributed by atoms with E-state index in [9.17, 15) is 0 Å². The summed E-state index contributed by atoms with van der Waals surface area (Å²) < 4.78 is 10.7. The third-order valence-corrected chi connectivity index (χ3v) is 1.68. The zero-order valence-electron chi connectivity index (χ0n) is 7.80.